The van der Waals surface area contributed by atoms with Gasteiger partial charge in [-0.1, -0.05) is 6.92 Å². The number of hydrogen-bond acceptors (Lipinski definition) is 6. The van der Waals surface area contributed by atoms with Gasteiger partial charge < -0.3 is 14.5 Å². The molecule has 1 aromatic heterocycles. The van der Waals surface area contributed by atoms with Gasteiger partial charge in [-0.2, -0.15) is 4.31 Å². The minimum Gasteiger partial charge on any atom is -0.379 e. The van der Waals surface area contributed by atoms with Crippen LogP contribution in [0.1, 0.15) is 13.3 Å². The maximum atomic E-state index is 12.7. The summed E-state index contributed by atoms with van der Waals surface area (Å²) in [6, 6.07) is 3.38. The number of rotatable bonds is 4. The number of carbonyl (C=O) groups excluding carboxylic acids is 1. The van der Waals surface area contributed by atoms with Crippen LogP contribution in [0.3, 0.4) is 0 Å². The molecule has 0 aromatic carbocycles. The topological polar surface area (TPSA) is 83.1 Å². The van der Waals surface area contributed by atoms with Gasteiger partial charge in [-0.15, -0.1) is 0 Å². The van der Waals surface area contributed by atoms with Crippen LogP contribution in [0.25, 0.3) is 0 Å². The highest BCUT2D eigenvalue weighted by Crippen LogP contribution is 2.39. The molecule has 2 atom stereocenters. The van der Waals surface area contributed by atoms with Crippen molar-refractivity contribution in [2.24, 2.45) is 11.8 Å². The average Bonchev–Trinajstić information content (AvgIpc) is 3.45. The molecule has 3 heterocycles. The summed E-state index contributed by atoms with van der Waals surface area (Å²) in [4.78, 5) is 21.0. The Morgan fingerprint density at radius 2 is 1.78 bits per heavy atom. The Balaban J connectivity index is 1.37. The first kappa shape index (κ1) is 18.6. The van der Waals surface area contributed by atoms with Crippen LogP contribution >= 0.6 is 0 Å². The van der Waals surface area contributed by atoms with E-state index in [4.69, 9.17) is 4.74 Å². The summed E-state index contributed by atoms with van der Waals surface area (Å²) in [7, 11) is -3.52. The van der Waals surface area contributed by atoms with Crippen LogP contribution in [-0.2, 0) is 19.6 Å². The zero-order chi connectivity index (χ0) is 19.0. The third-order valence-electron chi connectivity index (χ3n) is 5.67. The van der Waals surface area contributed by atoms with Crippen LogP contribution in [0.15, 0.2) is 23.2 Å². The van der Waals surface area contributed by atoms with E-state index < -0.39 is 10.0 Å². The largest absolute Gasteiger partial charge is 0.379 e. The smallest absolute Gasteiger partial charge is 0.244 e. The number of piperazine rings is 1. The second-order valence-corrected chi connectivity index (χ2v) is 9.44. The first-order valence-electron chi connectivity index (χ1n) is 9.54. The van der Waals surface area contributed by atoms with E-state index in [1.165, 1.54) is 10.5 Å². The summed E-state index contributed by atoms with van der Waals surface area (Å²) in [5, 5.41) is 0. The highest BCUT2D eigenvalue weighted by Gasteiger charge is 2.42. The second kappa shape index (κ2) is 7.37. The lowest BCUT2D eigenvalue weighted by molar-refractivity contribution is -0.133. The molecule has 1 aromatic rings. The lowest BCUT2D eigenvalue weighted by Crippen LogP contribution is -2.49. The van der Waals surface area contributed by atoms with Crippen LogP contribution < -0.4 is 4.90 Å². The third-order valence-corrected chi connectivity index (χ3v) is 7.55. The van der Waals surface area contributed by atoms with Crippen molar-refractivity contribution in [2.75, 3.05) is 57.4 Å². The molecule has 3 fully saturated rings. The van der Waals surface area contributed by atoms with Crippen molar-refractivity contribution < 1.29 is 17.9 Å². The van der Waals surface area contributed by atoms with Gasteiger partial charge in [-0.3, -0.25) is 4.79 Å². The Hall–Kier alpha value is -1.71. The molecule has 2 aliphatic heterocycles. The molecule has 0 spiro atoms. The van der Waals surface area contributed by atoms with Crippen LogP contribution in [0.5, 0.6) is 0 Å². The average molecular weight is 394 g/mol. The van der Waals surface area contributed by atoms with Gasteiger partial charge >= 0.3 is 0 Å². The number of pyridine rings is 1. The Morgan fingerprint density at radius 1 is 1.11 bits per heavy atom. The Morgan fingerprint density at radius 3 is 2.33 bits per heavy atom. The molecule has 1 saturated carbocycles. The predicted molar refractivity (Wildman–Crippen MR) is 99.9 cm³/mol. The van der Waals surface area contributed by atoms with Crippen molar-refractivity contribution in [2.45, 2.75) is 18.2 Å². The molecule has 9 heteroatoms. The monoisotopic (exact) mass is 394 g/mol. The van der Waals surface area contributed by atoms with Gasteiger partial charge in [0.2, 0.25) is 15.9 Å². The fourth-order valence-electron chi connectivity index (χ4n) is 3.70. The van der Waals surface area contributed by atoms with E-state index in [2.05, 4.69) is 16.8 Å². The third kappa shape index (κ3) is 3.81. The summed E-state index contributed by atoms with van der Waals surface area (Å²) in [5.74, 6) is 1.78. The zero-order valence-corrected chi connectivity index (χ0v) is 16.4. The van der Waals surface area contributed by atoms with E-state index in [0.717, 1.165) is 25.3 Å². The summed E-state index contributed by atoms with van der Waals surface area (Å²) >= 11 is 0. The standard InChI is InChI=1S/C18H26N4O4S/c1-14-12-16(14)18(23)21-6-4-20(5-7-21)17-3-2-15(13-19-17)27(24,25)22-8-10-26-11-9-22/h2-3,13-14,16H,4-12H2,1H3/t14-,16-/m0/s1. The molecule has 27 heavy (non-hydrogen) atoms. The van der Waals surface area contributed by atoms with E-state index in [9.17, 15) is 13.2 Å². The summed E-state index contributed by atoms with van der Waals surface area (Å²) in [6.45, 7) is 6.54. The molecule has 148 valence electrons. The fraction of sp³-hybridized carbons (Fsp3) is 0.667. The van der Waals surface area contributed by atoms with Crippen LogP contribution in [-0.4, -0.2) is 81.0 Å². The van der Waals surface area contributed by atoms with Gasteiger partial charge in [0.1, 0.15) is 10.7 Å². The Kier molecular flexibility index (Phi) is 5.09. The molecule has 0 radical (unpaired) electrons. The number of hydrogen-bond donors (Lipinski definition) is 0. The zero-order valence-electron chi connectivity index (χ0n) is 15.6. The summed E-state index contributed by atoms with van der Waals surface area (Å²) in [6.07, 6.45) is 2.45. The molecule has 2 saturated heterocycles. The molecule has 4 rings (SSSR count). The normalized spacial score (nSPS) is 26.9. The number of nitrogens with zero attached hydrogens (tertiary/aromatic N) is 4. The molecule has 1 aliphatic carbocycles. The maximum absolute atomic E-state index is 12.7. The van der Waals surface area contributed by atoms with Crippen LogP contribution in [0, 0.1) is 11.8 Å². The minimum absolute atomic E-state index is 0.213. The summed E-state index contributed by atoms with van der Waals surface area (Å²) in [5.41, 5.74) is 0. The first-order valence-corrected chi connectivity index (χ1v) is 11.0. The van der Waals surface area contributed by atoms with E-state index in [1.54, 1.807) is 12.1 Å². The van der Waals surface area contributed by atoms with Gasteiger partial charge in [0.05, 0.1) is 13.2 Å². The lowest BCUT2D eigenvalue weighted by atomic mass is 10.2. The van der Waals surface area contributed by atoms with Gasteiger partial charge in [-0.25, -0.2) is 13.4 Å². The lowest BCUT2D eigenvalue weighted by Gasteiger charge is -2.35. The highest BCUT2D eigenvalue weighted by molar-refractivity contribution is 7.89. The van der Waals surface area contributed by atoms with Crippen molar-refractivity contribution in [3.05, 3.63) is 18.3 Å². The molecular weight excluding hydrogens is 368 g/mol. The van der Waals surface area contributed by atoms with Gasteiger partial charge in [0.25, 0.3) is 0 Å². The molecule has 0 unspecified atom stereocenters. The molecule has 0 N–H and O–H groups in total. The second-order valence-electron chi connectivity index (χ2n) is 7.50. The Bertz CT molecular complexity index is 784. The summed E-state index contributed by atoms with van der Waals surface area (Å²) < 4.78 is 32.0. The van der Waals surface area contributed by atoms with E-state index in [0.29, 0.717) is 45.3 Å². The molecular formula is C18H26N4O4S. The van der Waals surface area contributed by atoms with Crippen molar-refractivity contribution in [1.82, 2.24) is 14.2 Å². The van der Waals surface area contributed by atoms with Gasteiger partial charge in [0.15, 0.2) is 0 Å². The van der Waals surface area contributed by atoms with Crippen molar-refractivity contribution in [3.8, 4) is 0 Å². The number of anilines is 1. The fourth-order valence-corrected chi connectivity index (χ4v) is 5.06. The maximum Gasteiger partial charge on any atom is 0.244 e. The number of sulfonamides is 1. The predicted octanol–water partition coefficient (Wildman–Crippen LogP) is 0.407. The molecule has 8 nitrogen and oxygen atoms in total. The molecule has 1 amide bonds. The quantitative estimate of drug-likeness (QED) is 0.736. The van der Waals surface area contributed by atoms with Crippen molar-refractivity contribution in [3.63, 3.8) is 0 Å². The van der Waals surface area contributed by atoms with E-state index >= 15 is 0 Å². The number of morpholine rings is 1. The van der Waals surface area contributed by atoms with Gasteiger partial charge in [0, 0.05) is 51.4 Å². The van der Waals surface area contributed by atoms with E-state index in [1.807, 2.05) is 4.90 Å². The van der Waals surface area contributed by atoms with Crippen molar-refractivity contribution >= 4 is 21.7 Å². The molecule has 3 aliphatic rings. The minimum atomic E-state index is -3.52. The number of ether oxygens (including phenoxy) is 1. The number of carbonyl (C=O) groups is 1. The molecule has 0 bridgehead atoms. The number of amides is 1. The van der Waals surface area contributed by atoms with Gasteiger partial charge in [-0.05, 0) is 24.5 Å². The highest BCUT2D eigenvalue weighted by atomic mass is 32.2. The van der Waals surface area contributed by atoms with E-state index in [-0.39, 0.29) is 16.7 Å². The van der Waals surface area contributed by atoms with Crippen molar-refractivity contribution in [1.29, 1.82) is 0 Å². The first-order chi connectivity index (χ1) is 13.0. The SMILES string of the molecule is C[C@H]1C[C@@H]1C(=O)N1CCN(c2ccc(S(=O)(=O)N3CCOCC3)cn2)CC1. The number of aromatic nitrogens is 1. The van der Waals surface area contributed by atoms with Crippen LogP contribution in [0.4, 0.5) is 5.82 Å². The Labute approximate surface area is 160 Å². The van der Waals surface area contributed by atoms with Crippen LogP contribution in [0.2, 0.25) is 0 Å².